The lowest BCUT2D eigenvalue weighted by molar-refractivity contribution is -0.120. The number of halogens is 1. The summed E-state index contributed by atoms with van der Waals surface area (Å²) in [4.78, 5) is 10.9. The van der Waals surface area contributed by atoms with Gasteiger partial charge in [0, 0.05) is 0 Å². The second kappa shape index (κ2) is 6.95. The van der Waals surface area contributed by atoms with Crippen LogP contribution >= 0.6 is 22.6 Å². The van der Waals surface area contributed by atoms with Crippen molar-refractivity contribution in [2.24, 2.45) is 0 Å². The molecule has 0 radical (unpaired) electrons. The fourth-order valence-corrected chi connectivity index (χ4v) is 1.28. The summed E-state index contributed by atoms with van der Waals surface area (Å²) in [5.74, 6) is 0.152. The van der Waals surface area contributed by atoms with Gasteiger partial charge in [0.05, 0.1) is 11.0 Å². The molecular weight excluding hydrogens is 291 g/mol. The zero-order valence-corrected chi connectivity index (χ0v) is 10.1. The van der Waals surface area contributed by atoms with Gasteiger partial charge in [0.1, 0.15) is 6.61 Å². The van der Waals surface area contributed by atoms with Crippen molar-refractivity contribution in [3.05, 3.63) is 35.9 Å². The number of alkyl halides is 1. The molecule has 14 heavy (non-hydrogen) atoms. The molecule has 0 aliphatic carbocycles. The van der Waals surface area contributed by atoms with Crippen molar-refractivity contribution in [3.63, 3.8) is 0 Å². The maximum Gasteiger partial charge on any atom is 0.168 e. The largest absolute Gasteiger partial charge is 0.373 e. The summed E-state index contributed by atoms with van der Waals surface area (Å²) in [6, 6.07) is 10.1. The monoisotopic (exact) mass is 304 g/mol. The van der Waals surface area contributed by atoms with Crippen LogP contribution in [0.3, 0.4) is 0 Å². The molecule has 0 N–H and O–H groups in total. The van der Waals surface area contributed by atoms with Gasteiger partial charge in [0.15, 0.2) is 5.78 Å². The first-order valence-electron chi connectivity index (χ1n) is 4.52. The van der Waals surface area contributed by atoms with Crippen molar-refractivity contribution in [3.8, 4) is 0 Å². The molecule has 2 nitrogen and oxygen atoms in total. The van der Waals surface area contributed by atoms with E-state index in [1.807, 2.05) is 40.8 Å². The highest BCUT2D eigenvalue weighted by Crippen LogP contribution is 1.99. The number of hydrogen-bond donors (Lipinski definition) is 0. The second-order valence-corrected chi connectivity index (χ2v) is 3.72. The van der Waals surface area contributed by atoms with E-state index in [9.17, 15) is 4.79 Å². The molecule has 0 aliphatic heterocycles. The third-order valence-electron chi connectivity index (χ3n) is 1.79. The summed E-state index contributed by atoms with van der Waals surface area (Å²) in [6.45, 7) is 0.863. The number of carbonyl (C=O) groups excluding carboxylic acids is 1. The van der Waals surface area contributed by atoms with Gasteiger partial charge >= 0.3 is 0 Å². The third-order valence-corrected chi connectivity index (χ3v) is 2.64. The molecule has 0 saturated carbocycles. The molecule has 0 bridgehead atoms. The fourth-order valence-electron chi connectivity index (χ4n) is 1.06. The molecule has 76 valence electrons. The van der Waals surface area contributed by atoms with Gasteiger partial charge in [-0.05, 0) is 12.0 Å². The van der Waals surface area contributed by atoms with E-state index in [0.29, 0.717) is 11.0 Å². The number of ether oxygens (including phenoxy) is 1. The van der Waals surface area contributed by atoms with Crippen LogP contribution in [-0.4, -0.2) is 23.4 Å². The van der Waals surface area contributed by atoms with E-state index in [0.717, 1.165) is 6.42 Å². The average Bonchev–Trinajstić information content (AvgIpc) is 2.25. The number of carbonyl (C=O) groups is 1. The molecule has 1 rings (SSSR count). The molecule has 1 aromatic carbocycles. The van der Waals surface area contributed by atoms with Crippen LogP contribution in [0.15, 0.2) is 30.3 Å². The summed E-state index contributed by atoms with van der Waals surface area (Å²) >= 11 is 2.05. The topological polar surface area (TPSA) is 26.3 Å². The molecule has 0 heterocycles. The minimum absolute atomic E-state index is 0.152. The van der Waals surface area contributed by atoms with Gasteiger partial charge in [-0.2, -0.15) is 0 Å². The minimum Gasteiger partial charge on any atom is -0.373 e. The van der Waals surface area contributed by atoms with Crippen molar-refractivity contribution in [2.75, 3.05) is 17.6 Å². The lowest BCUT2D eigenvalue weighted by Gasteiger charge is -2.02. The molecule has 3 heteroatoms. The number of Topliss-reactive ketones (excluding diaryl/α,β-unsaturated/α-hetero) is 1. The van der Waals surface area contributed by atoms with Crippen molar-refractivity contribution in [1.29, 1.82) is 0 Å². The van der Waals surface area contributed by atoms with Crippen LogP contribution in [-0.2, 0) is 16.0 Å². The molecule has 0 unspecified atom stereocenters. The minimum atomic E-state index is 0.152. The Bertz CT molecular complexity index is 272. The molecule has 0 saturated heterocycles. The van der Waals surface area contributed by atoms with Crippen molar-refractivity contribution in [1.82, 2.24) is 0 Å². The van der Waals surface area contributed by atoms with Gasteiger partial charge in [-0.15, -0.1) is 0 Å². The molecule has 0 aliphatic rings. The Hall–Kier alpha value is -0.420. The Kier molecular flexibility index (Phi) is 5.78. The van der Waals surface area contributed by atoms with E-state index in [4.69, 9.17) is 4.74 Å². The summed E-state index contributed by atoms with van der Waals surface area (Å²) in [7, 11) is 0. The van der Waals surface area contributed by atoms with Gasteiger partial charge in [-0.3, -0.25) is 4.79 Å². The summed E-state index contributed by atoms with van der Waals surface area (Å²) in [5.41, 5.74) is 1.24. The Labute approximate surface area is 97.8 Å². The van der Waals surface area contributed by atoms with Crippen molar-refractivity contribution in [2.45, 2.75) is 6.42 Å². The van der Waals surface area contributed by atoms with Crippen LogP contribution in [0.4, 0.5) is 0 Å². The first kappa shape index (κ1) is 11.7. The van der Waals surface area contributed by atoms with Crippen LogP contribution in [0, 0.1) is 0 Å². The number of rotatable bonds is 6. The van der Waals surface area contributed by atoms with E-state index in [1.54, 1.807) is 0 Å². The van der Waals surface area contributed by atoms with Gasteiger partial charge < -0.3 is 4.74 Å². The van der Waals surface area contributed by atoms with Crippen LogP contribution in [0.5, 0.6) is 0 Å². The summed E-state index contributed by atoms with van der Waals surface area (Å²) in [6.07, 6.45) is 0.870. The number of hydrogen-bond acceptors (Lipinski definition) is 2. The van der Waals surface area contributed by atoms with Gasteiger partial charge in [-0.25, -0.2) is 0 Å². The zero-order valence-electron chi connectivity index (χ0n) is 7.91. The van der Waals surface area contributed by atoms with E-state index >= 15 is 0 Å². The smallest absolute Gasteiger partial charge is 0.168 e. The highest BCUT2D eigenvalue weighted by Gasteiger charge is 1.98. The SMILES string of the molecule is O=C(CI)COCCc1ccccc1. The van der Waals surface area contributed by atoms with E-state index < -0.39 is 0 Å². The van der Waals surface area contributed by atoms with Crippen LogP contribution in [0.2, 0.25) is 0 Å². The Morgan fingerprint density at radius 3 is 2.64 bits per heavy atom. The quantitative estimate of drug-likeness (QED) is 0.458. The predicted molar refractivity (Wildman–Crippen MR) is 64.9 cm³/mol. The molecule has 0 amide bonds. The molecular formula is C11H13IO2. The molecule has 0 atom stereocenters. The molecule has 0 spiro atoms. The summed E-state index contributed by atoms with van der Waals surface area (Å²) < 4.78 is 5.77. The highest BCUT2D eigenvalue weighted by atomic mass is 127. The lowest BCUT2D eigenvalue weighted by Crippen LogP contribution is -2.11. The predicted octanol–water partition coefficient (Wildman–Crippen LogP) is 2.25. The first-order valence-corrected chi connectivity index (χ1v) is 6.05. The van der Waals surface area contributed by atoms with Gasteiger partial charge in [-0.1, -0.05) is 52.9 Å². The Balaban J connectivity index is 2.13. The normalized spacial score (nSPS) is 10.1. The molecule has 0 aromatic heterocycles. The molecule has 0 fully saturated rings. The zero-order chi connectivity index (χ0) is 10.2. The third kappa shape index (κ3) is 4.72. The number of benzene rings is 1. The lowest BCUT2D eigenvalue weighted by atomic mass is 10.2. The van der Waals surface area contributed by atoms with Crippen LogP contribution in [0.25, 0.3) is 0 Å². The Morgan fingerprint density at radius 2 is 2.00 bits per heavy atom. The van der Waals surface area contributed by atoms with Gasteiger partial charge in [0.2, 0.25) is 0 Å². The van der Waals surface area contributed by atoms with E-state index in [2.05, 4.69) is 12.1 Å². The first-order chi connectivity index (χ1) is 6.83. The van der Waals surface area contributed by atoms with Crippen LogP contribution < -0.4 is 0 Å². The van der Waals surface area contributed by atoms with Crippen molar-refractivity contribution < 1.29 is 9.53 Å². The standard InChI is InChI=1S/C11H13IO2/c12-8-11(13)9-14-7-6-10-4-2-1-3-5-10/h1-5H,6-9H2. The molecule has 1 aromatic rings. The van der Waals surface area contributed by atoms with Crippen molar-refractivity contribution >= 4 is 28.4 Å². The number of ketones is 1. The van der Waals surface area contributed by atoms with E-state index in [1.165, 1.54) is 5.56 Å². The Morgan fingerprint density at radius 1 is 1.29 bits per heavy atom. The second-order valence-electron chi connectivity index (χ2n) is 2.96. The fraction of sp³-hybridized carbons (Fsp3) is 0.364. The maximum atomic E-state index is 10.9. The average molecular weight is 304 g/mol. The van der Waals surface area contributed by atoms with Crippen LogP contribution in [0.1, 0.15) is 5.56 Å². The maximum absolute atomic E-state index is 10.9. The summed E-state index contributed by atoms with van der Waals surface area (Å²) in [5, 5.41) is 0. The van der Waals surface area contributed by atoms with Gasteiger partial charge in [0.25, 0.3) is 0 Å². The van der Waals surface area contributed by atoms with E-state index in [-0.39, 0.29) is 12.4 Å². The highest BCUT2D eigenvalue weighted by molar-refractivity contribution is 14.1.